The first-order valence-electron chi connectivity index (χ1n) is 23.8. The molecule has 0 aromatic heterocycles. The molecule has 0 fully saturated rings. The van der Waals surface area contributed by atoms with Gasteiger partial charge in [0.2, 0.25) is 0 Å². The number of allylic oxidation sites excluding steroid dienone is 4. The second-order valence-corrected chi connectivity index (χ2v) is 15.8. The maximum absolute atomic E-state index is 12.5. The quantitative estimate of drug-likeness (QED) is 0.0495. The summed E-state index contributed by atoms with van der Waals surface area (Å²) in [4.78, 5) is 14.8. The highest BCUT2D eigenvalue weighted by Crippen LogP contribution is 2.12. The van der Waals surface area contributed by atoms with Crippen molar-refractivity contribution in [2.45, 2.75) is 226 Å². The Bertz CT molecular complexity index is 783. The Kier molecular flexibility index (Phi) is 44.8. The zero-order valence-electron chi connectivity index (χ0n) is 36.8. The molecule has 1 amide bonds. The van der Waals surface area contributed by atoms with E-state index in [1.165, 1.54) is 167 Å². The summed E-state index contributed by atoms with van der Waals surface area (Å²) in [6.07, 6.45) is 47.8. The van der Waals surface area contributed by atoms with Crippen LogP contribution in [0.4, 0.5) is 4.79 Å². The fourth-order valence-corrected chi connectivity index (χ4v) is 6.92. The number of carbonyl (C=O) groups is 1. The molecule has 0 aliphatic rings. The summed E-state index contributed by atoms with van der Waals surface area (Å²) >= 11 is 0. The molecule has 0 aliphatic carbocycles. The van der Waals surface area contributed by atoms with Crippen LogP contribution in [0.2, 0.25) is 0 Å². The average molecular weight is 763 g/mol. The van der Waals surface area contributed by atoms with Crippen LogP contribution in [0.1, 0.15) is 220 Å². The van der Waals surface area contributed by atoms with Crippen LogP contribution in [0.3, 0.4) is 0 Å². The van der Waals surface area contributed by atoms with Crippen molar-refractivity contribution in [1.29, 1.82) is 0 Å². The first-order valence-corrected chi connectivity index (χ1v) is 23.8. The van der Waals surface area contributed by atoms with Gasteiger partial charge in [0.1, 0.15) is 6.61 Å². The number of rotatable bonds is 44. The highest BCUT2D eigenvalue weighted by atomic mass is 16.6. The van der Waals surface area contributed by atoms with Crippen molar-refractivity contribution in [3.63, 3.8) is 0 Å². The molecule has 320 valence electrons. The molecule has 0 aromatic rings. The zero-order valence-corrected chi connectivity index (χ0v) is 36.8. The Balaban J connectivity index is 4.15. The Labute approximate surface area is 337 Å². The molecule has 1 unspecified atom stereocenters. The molecule has 0 aromatic carbocycles. The molecule has 6 nitrogen and oxygen atoms in total. The first kappa shape index (κ1) is 52.6. The molecular weight excluding hydrogens is 669 g/mol. The van der Waals surface area contributed by atoms with Crippen LogP contribution < -0.4 is 5.32 Å². The van der Waals surface area contributed by atoms with Crippen molar-refractivity contribution in [3.8, 4) is 0 Å². The van der Waals surface area contributed by atoms with Crippen molar-refractivity contribution in [3.05, 3.63) is 24.3 Å². The Hall–Kier alpha value is -1.37. The van der Waals surface area contributed by atoms with Crippen LogP contribution in [-0.2, 0) is 14.2 Å². The lowest BCUT2D eigenvalue weighted by atomic mass is 10.1. The second kappa shape index (κ2) is 46.0. The third kappa shape index (κ3) is 41.8. The third-order valence-corrected chi connectivity index (χ3v) is 10.3. The van der Waals surface area contributed by atoms with Gasteiger partial charge in [-0.1, -0.05) is 168 Å². The van der Waals surface area contributed by atoms with Crippen LogP contribution in [0.15, 0.2) is 24.3 Å². The minimum Gasteiger partial charge on any atom is -0.448 e. The van der Waals surface area contributed by atoms with E-state index in [-0.39, 0.29) is 12.2 Å². The lowest BCUT2D eigenvalue weighted by Gasteiger charge is -2.21. The minimum absolute atomic E-state index is 0.147. The lowest BCUT2D eigenvalue weighted by Crippen LogP contribution is -2.38. The van der Waals surface area contributed by atoms with Gasteiger partial charge in [-0.15, -0.1) is 0 Å². The molecule has 0 rings (SSSR count). The summed E-state index contributed by atoms with van der Waals surface area (Å²) in [5.41, 5.74) is 0. The molecule has 54 heavy (non-hydrogen) atoms. The SMILES string of the molecule is CCCCCCCC/C=C\CCCCCCCCOCC(CNC(=O)OCCN(CCC)CCC)OCCCCCCCC/C=C\CCCCCCCC. The van der Waals surface area contributed by atoms with Gasteiger partial charge in [-0.2, -0.15) is 0 Å². The molecule has 0 saturated carbocycles. The number of nitrogens with one attached hydrogen (secondary N) is 1. The van der Waals surface area contributed by atoms with E-state index in [0.717, 1.165) is 51.9 Å². The van der Waals surface area contributed by atoms with E-state index in [0.29, 0.717) is 26.4 Å². The molecule has 1 atom stereocenters. The van der Waals surface area contributed by atoms with Gasteiger partial charge in [0.25, 0.3) is 0 Å². The Morgan fingerprint density at radius 1 is 0.481 bits per heavy atom. The second-order valence-electron chi connectivity index (χ2n) is 15.8. The summed E-state index contributed by atoms with van der Waals surface area (Å²) in [6, 6.07) is 0. The lowest BCUT2D eigenvalue weighted by molar-refractivity contribution is -0.0175. The highest BCUT2D eigenvalue weighted by Gasteiger charge is 2.13. The molecule has 0 heterocycles. The van der Waals surface area contributed by atoms with Crippen molar-refractivity contribution in [2.24, 2.45) is 0 Å². The van der Waals surface area contributed by atoms with Crippen LogP contribution in [0, 0.1) is 0 Å². The summed E-state index contributed by atoms with van der Waals surface area (Å²) in [5, 5.41) is 2.94. The van der Waals surface area contributed by atoms with Gasteiger partial charge in [0, 0.05) is 26.3 Å². The number of hydrogen-bond donors (Lipinski definition) is 1. The number of amides is 1. The van der Waals surface area contributed by atoms with E-state index in [2.05, 4.69) is 62.2 Å². The van der Waals surface area contributed by atoms with Crippen LogP contribution in [-0.4, -0.2) is 69.7 Å². The molecule has 0 bridgehead atoms. The maximum atomic E-state index is 12.5. The smallest absolute Gasteiger partial charge is 0.407 e. The topological polar surface area (TPSA) is 60.0 Å². The number of unbranched alkanes of at least 4 members (excludes halogenated alkanes) is 24. The Morgan fingerprint density at radius 2 is 0.889 bits per heavy atom. The monoisotopic (exact) mass is 763 g/mol. The van der Waals surface area contributed by atoms with Gasteiger partial charge < -0.3 is 19.5 Å². The maximum Gasteiger partial charge on any atom is 0.407 e. The Morgan fingerprint density at radius 3 is 1.33 bits per heavy atom. The van der Waals surface area contributed by atoms with Gasteiger partial charge in [-0.25, -0.2) is 4.79 Å². The molecular formula is C48H94N2O4. The molecule has 0 radical (unpaired) electrons. The van der Waals surface area contributed by atoms with Crippen LogP contribution >= 0.6 is 0 Å². The van der Waals surface area contributed by atoms with Gasteiger partial charge in [0.05, 0.1) is 12.7 Å². The third-order valence-electron chi connectivity index (χ3n) is 10.3. The standard InChI is InChI=1S/C48H94N2O4/c1-5-9-11-13-15-17-19-21-23-25-27-29-31-33-35-37-42-52-46-47(45-49-48(51)54-44-41-50(39-7-3)40-8-4)53-43-38-36-34-32-30-28-26-24-22-20-18-16-14-12-10-6-2/h21-24,47H,5-20,25-46H2,1-4H3,(H,49,51)/b23-21-,24-22-. The summed E-state index contributed by atoms with van der Waals surface area (Å²) in [7, 11) is 0. The molecule has 0 aliphatic heterocycles. The van der Waals surface area contributed by atoms with Gasteiger partial charge in [-0.3, -0.25) is 4.90 Å². The van der Waals surface area contributed by atoms with Crippen LogP contribution in [0.25, 0.3) is 0 Å². The first-order chi connectivity index (χ1) is 26.7. The number of nitrogens with zero attached hydrogens (tertiary/aromatic N) is 1. The normalized spacial score (nSPS) is 12.5. The van der Waals surface area contributed by atoms with E-state index < -0.39 is 0 Å². The molecule has 0 saturated heterocycles. The highest BCUT2D eigenvalue weighted by molar-refractivity contribution is 5.67. The number of carbonyl (C=O) groups excluding carboxylic acids is 1. The molecule has 1 N–H and O–H groups in total. The molecule has 0 spiro atoms. The largest absolute Gasteiger partial charge is 0.448 e. The molecule has 6 heteroatoms. The predicted octanol–water partition coefficient (Wildman–Crippen LogP) is 14.3. The van der Waals surface area contributed by atoms with E-state index >= 15 is 0 Å². The summed E-state index contributed by atoms with van der Waals surface area (Å²) < 4.78 is 17.8. The number of alkyl carbamates (subject to hydrolysis) is 1. The number of ether oxygens (including phenoxy) is 3. The van der Waals surface area contributed by atoms with Crippen molar-refractivity contribution in [1.82, 2.24) is 10.2 Å². The van der Waals surface area contributed by atoms with Crippen molar-refractivity contribution < 1.29 is 19.0 Å². The van der Waals surface area contributed by atoms with Gasteiger partial charge in [-0.05, 0) is 90.1 Å². The fraction of sp³-hybridized carbons (Fsp3) is 0.896. The minimum atomic E-state index is -0.359. The van der Waals surface area contributed by atoms with Gasteiger partial charge >= 0.3 is 6.09 Å². The van der Waals surface area contributed by atoms with Crippen molar-refractivity contribution >= 4 is 6.09 Å². The van der Waals surface area contributed by atoms with E-state index in [4.69, 9.17) is 14.2 Å². The number of hydrogen-bond acceptors (Lipinski definition) is 5. The summed E-state index contributed by atoms with van der Waals surface area (Å²) in [5.74, 6) is 0. The van der Waals surface area contributed by atoms with E-state index in [1.54, 1.807) is 0 Å². The van der Waals surface area contributed by atoms with E-state index in [1.807, 2.05) is 0 Å². The van der Waals surface area contributed by atoms with Crippen molar-refractivity contribution in [2.75, 3.05) is 52.6 Å². The average Bonchev–Trinajstić information content (AvgIpc) is 3.17. The fourth-order valence-electron chi connectivity index (χ4n) is 6.92. The predicted molar refractivity (Wildman–Crippen MR) is 236 cm³/mol. The summed E-state index contributed by atoms with van der Waals surface area (Å²) in [6.45, 7) is 14.6. The van der Waals surface area contributed by atoms with Gasteiger partial charge in [0.15, 0.2) is 0 Å². The van der Waals surface area contributed by atoms with Crippen LogP contribution in [0.5, 0.6) is 0 Å². The van der Waals surface area contributed by atoms with E-state index in [9.17, 15) is 4.79 Å². The zero-order chi connectivity index (χ0) is 39.3.